The summed E-state index contributed by atoms with van der Waals surface area (Å²) in [6.07, 6.45) is 2.63. The van der Waals surface area contributed by atoms with Crippen LogP contribution in [-0.2, 0) is 20.9 Å². The van der Waals surface area contributed by atoms with Crippen LogP contribution in [0.3, 0.4) is 0 Å². The van der Waals surface area contributed by atoms with Crippen LogP contribution in [0, 0.1) is 10.1 Å². The molecular formula is C20H21ClN4O6. The fourth-order valence-electron chi connectivity index (χ4n) is 3.35. The number of nitrogens with one attached hydrogen (secondary N) is 1. The minimum absolute atomic E-state index is 0.134. The first kappa shape index (κ1) is 22.4. The Morgan fingerprint density at radius 2 is 2.06 bits per heavy atom. The molecular weight excluding hydrogens is 428 g/mol. The topological polar surface area (TPSA) is 133 Å². The zero-order valence-corrected chi connectivity index (χ0v) is 17.5. The summed E-state index contributed by atoms with van der Waals surface area (Å²) in [5.74, 6) is -1.59. The first-order valence-electron chi connectivity index (χ1n) is 9.74. The van der Waals surface area contributed by atoms with Gasteiger partial charge >= 0.3 is 17.1 Å². The zero-order valence-electron chi connectivity index (χ0n) is 16.7. The summed E-state index contributed by atoms with van der Waals surface area (Å²) in [5, 5.41) is 13.4. The summed E-state index contributed by atoms with van der Waals surface area (Å²) in [4.78, 5) is 50.0. The molecule has 2 heterocycles. The number of ether oxygens (including phenoxy) is 1. The number of amides is 1. The van der Waals surface area contributed by atoms with Crippen LogP contribution in [0.1, 0.15) is 48.0 Å². The van der Waals surface area contributed by atoms with Crippen molar-refractivity contribution < 1.29 is 24.0 Å². The van der Waals surface area contributed by atoms with E-state index in [9.17, 15) is 24.5 Å². The molecule has 2 unspecified atom stereocenters. The van der Waals surface area contributed by atoms with E-state index in [1.807, 2.05) is 6.92 Å². The Morgan fingerprint density at radius 3 is 2.68 bits per heavy atom. The second-order valence-corrected chi connectivity index (χ2v) is 7.56. The third kappa shape index (κ3) is 5.46. The highest BCUT2D eigenvalue weighted by Gasteiger charge is 2.33. The van der Waals surface area contributed by atoms with Crippen molar-refractivity contribution in [3.63, 3.8) is 0 Å². The maximum Gasteiger partial charge on any atom is 0.383 e. The summed E-state index contributed by atoms with van der Waals surface area (Å²) in [5.41, 5.74) is 1.12. The maximum absolute atomic E-state index is 12.5. The predicted molar refractivity (Wildman–Crippen MR) is 110 cm³/mol. The van der Waals surface area contributed by atoms with Crippen molar-refractivity contribution in [2.75, 3.05) is 6.61 Å². The van der Waals surface area contributed by atoms with Gasteiger partial charge in [0.25, 0.3) is 0 Å². The second-order valence-electron chi connectivity index (χ2n) is 7.23. The third-order valence-electron chi connectivity index (χ3n) is 4.93. The number of hydrogen-bond donors (Lipinski definition) is 1. The van der Waals surface area contributed by atoms with Crippen LogP contribution in [-0.4, -0.2) is 44.8 Å². The first-order chi connectivity index (χ1) is 14.8. The van der Waals surface area contributed by atoms with Crippen LogP contribution in [0.4, 0.5) is 5.82 Å². The molecule has 1 amide bonds. The summed E-state index contributed by atoms with van der Waals surface area (Å²) in [7, 11) is 0. The Hall–Kier alpha value is -3.27. The molecule has 10 nitrogen and oxygen atoms in total. The van der Waals surface area contributed by atoms with Gasteiger partial charge in [0.15, 0.2) is 5.78 Å². The average Bonchev–Trinajstić information content (AvgIpc) is 3.29. The van der Waals surface area contributed by atoms with Crippen molar-refractivity contribution in [3.8, 4) is 0 Å². The number of carbonyl (C=O) groups excluding carboxylic acids is 3. The van der Waals surface area contributed by atoms with Crippen molar-refractivity contribution >= 4 is 35.1 Å². The van der Waals surface area contributed by atoms with Gasteiger partial charge in [0.2, 0.25) is 5.91 Å². The number of rotatable bonds is 9. The molecule has 0 aliphatic carbocycles. The molecule has 3 rings (SSSR count). The van der Waals surface area contributed by atoms with E-state index >= 15 is 0 Å². The monoisotopic (exact) mass is 448 g/mol. The van der Waals surface area contributed by atoms with Gasteiger partial charge in [-0.15, -0.1) is 0 Å². The van der Waals surface area contributed by atoms with Crippen molar-refractivity contribution in [2.45, 2.75) is 44.7 Å². The van der Waals surface area contributed by atoms with Crippen LogP contribution in [0.25, 0.3) is 0 Å². The molecule has 11 heteroatoms. The van der Waals surface area contributed by atoms with Crippen molar-refractivity contribution in [1.29, 1.82) is 0 Å². The van der Waals surface area contributed by atoms with Crippen molar-refractivity contribution in [1.82, 2.24) is 14.9 Å². The van der Waals surface area contributed by atoms with Crippen LogP contribution >= 0.6 is 11.6 Å². The highest BCUT2D eigenvalue weighted by atomic mass is 35.5. The summed E-state index contributed by atoms with van der Waals surface area (Å²) in [6, 6.07) is 6.33. The molecule has 1 fully saturated rings. The number of esters is 1. The molecule has 0 spiro atoms. The Balaban J connectivity index is 1.60. The number of halogens is 1. The minimum Gasteiger partial charge on any atom is -0.463 e. The average molecular weight is 449 g/mol. The lowest BCUT2D eigenvalue weighted by Gasteiger charge is -2.11. The summed E-state index contributed by atoms with van der Waals surface area (Å²) >= 11 is 5.84. The molecule has 31 heavy (non-hydrogen) atoms. The molecule has 0 bridgehead atoms. The van der Waals surface area contributed by atoms with Gasteiger partial charge < -0.3 is 20.2 Å². The van der Waals surface area contributed by atoms with Gasteiger partial charge in [-0.2, -0.15) is 0 Å². The number of ketones is 1. The largest absolute Gasteiger partial charge is 0.463 e. The fourth-order valence-corrected chi connectivity index (χ4v) is 3.54. The van der Waals surface area contributed by atoms with Crippen LogP contribution < -0.4 is 5.32 Å². The standard InChI is InChI=1S/C20H21ClN4O6/c1-2-3-18(27)31-11-14-8-15(19(28)22-14)12-4-6-13(7-5-12)16(26)9-24-10-17(25(29)30)23-20(24)21/h4-7,10,14-15H,2-3,8-9,11H2,1H3,(H,22,28). The van der Waals surface area contributed by atoms with Crippen LogP contribution in [0.15, 0.2) is 30.5 Å². The first-order valence-corrected chi connectivity index (χ1v) is 10.1. The molecule has 2 atom stereocenters. The molecule has 1 aliphatic heterocycles. The van der Waals surface area contributed by atoms with E-state index < -0.39 is 16.7 Å². The Bertz CT molecular complexity index is 1000. The molecule has 0 radical (unpaired) electrons. The van der Waals surface area contributed by atoms with Gasteiger partial charge in [-0.3, -0.25) is 19.0 Å². The van der Waals surface area contributed by atoms with Gasteiger partial charge in [-0.1, -0.05) is 31.2 Å². The molecule has 2 aromatic rings. The van der Waals surface area contributed by atoms with E-state index in [4.69, 9.17) is 16.3 Å². The van der Waals surface area contributed by atoms with Gasteiger partial charge in [-0.05, 0) is 39.9 Å². The Labute approximate surface area is 182 Å². The molecule has 1 aromatic heterocycles. The van der Waals surface area contributed by atoms with Gasteiger partial charge in [0.05, 0.1) is 18.5 Å². The highest BCUT2D eigenvalue weighted by molar-refractivity contribution is 6.28. The van der Waals surface area contributed by atoms with Crippen LogP contribution in [0.5, 0.6) is 0 Å². The molecule has 1 N–H and O–H groups in total. The normalized spacial score (nSPS) is 17.9. The van der Waals surface area contributed by atoms with E-state index in [0.29, 0.717) is 24.8 Å². The van der Waals surface area contributed by atoms with E-state index in [0.717, 1.165) is 11.8 Å². The lowest BCUT2D eigenvalue weighted by Crippen LogP contribution is -2.31. The van der Waals surface area contributed by atoms with Crippen LogP contribution in [0.2, 0.25) is 5.28 Å². The molecule has 1 saturated heterocycles. The van der Waals surface area contributed by atoms with Gasteiger partial charge in [0.1, 0.15) is 12.8 Å². The lowest BCUT2D eigenvalue weighted by molar-refractivity contribution is -0.389. The SMILES string of the molecule is CCCC(=O)OCC1CC(c2ccc(C(=O)Cn3cc([N+](=O)[O-])nc3Cl)cc2)C(=O)N1. The fraction of sp³-hybridized carbons (Fsp3) is 0.400. The number of hydrogen-bond acceptors (Lipinski definition) is 7. The number of carbonyl (C=O) groups is 3. The summed E-state index contributed by atoms with van der Waals surface area (Å²) in [6.45, 7) is 1.82. The van der Waals surface area contributed by atoms with E-state index in [2.05, 4.69) is 10.3 Å². The number of imidazole rings is 1. The Kier molecular flexibility index (Phi) is 7.01. The molecule has 164 valence electrons. The maximum atomic E-state index is 12.5. The number of benzene rings is 1. The number of aromatic nitrogens is 2. The van der Waals surface area contributed by atoms with E-state index in [1.54, 1.807) is 24.3 Å². The second kappa shape index (κ2) is 9.69. The van der Waals surface area contributed by atoms with Gasteiger partial charge in [-0.25, -0.2) is 0 Å². The Morgan fingerprint density at radius 1 is 1.35 bits per heavy atom. The van der Waals surface area contributed by atoms with E-state index in [1.165, 1.54) is 4.57 Å². The van der Waals surface area contributed by atoms with Crippen molar-refractivity contribution in [3.05, 3.63) is 57.0 Å². The molecule has 1 aromatic carbocycles. The number of nitro groups is 1. The predicted octanol–water partition coefficient (Wildman–Crippen LogP) is 2.64. The van der Waals surface area contributed by atoms with E-state index in [-0.39, 0.29) is 42.1 Å². The smallest absolute Gasteiger partial charge is 0.383 e. The quantitative estimate of drug-likeness (QED) is 0.269. The minimum atomic E-state index is -0.688. The molecule has 1 aliphatic rings. The number of Topliss-reactive ketones (excluding diaryl/α,β-unsaturated/α-hetero) is 1. The third-order valence-corrected chi connectivity index (χ3v) is 5.24. The summed E-state index contributed by atoms with van der Waals surface area (Å²) < 4.78 is 6.37. The lowest BCUT2D eigenvalue weighted by atomic mass is 9.94. The zero-order chi connectivity index (χ0) is 22.5. The highest BCUT2D eigenvalue weighted by Crippen LogP contribution is 2.27. The van der Waals surface area contributed by atoms with Gasteiger partial charge in [0, 0.05) is 12.0 Å². The van der Waals surface area contributed by atoms with Crippen molar-refractivity contribution in [2.24, 2.45) is 0 Å². The molecule has 0 saturated carbocycles. The number of nitrogens with zero attached hydrogens (tertiary/aromatic N) is 3.